The minimum absolute atomic E-state index is 0.0543. The van der Waals surface area contributed by atoms with Crippen LogP contribution in [-0.4, -0.2) is 30.2 Å². The third-order valence-corrected chi connectivity index (χ3v) is 7.10. The Bertz CT molecular complexity index is 1320. The minimum atomic E-state index is -0.944. The van der Waals surface area contributed by atoms with Crippen LogP contribution in [0.1, 0.15) is 57.4 Å². The van der Waals surface area contributed by atoms with E-state index >= 15 is 0 Å². The maximum Gasteiger partial charge on any atom is 0.303 e. The van der Waals surface area contributed by atoms with Gasteiger partial charge in [0.15, 0.2) is 0 Å². The van der Waals surface area contributed by atoms with Gasteiger partial charge in [0.1, 0.15) is 18.2 Å². The smallest absolute Gasteiger partial charge is 0.303 e. The van der Waals surface area contributed by atoms with Crippen LogP contribution in [0.25, 0.3) is 0 Å². The number of rotatable bonds is 9. The Balaban J connectivity index is 1.65. The Morgan fingerprint density at radius 3 is 2.45 bits per heavy atom. The summed E-state index contributed by atoms with van der Waals surface area (Å²) in [5.41, 5.74) is 4.31. The molecule has 1 saturated heterocycles. The van der Waals surface area contributed by atoms with Crippen LogP contribution in [-0.2, 0) is 28.1 Å². The molecule has 1 amide bonds. The molecule has 6 nitrogen and oxygen atoms in total. The number of ether oxygens (including phenoxy) is 2. The van der Waals surface area contributed by atoms with Crippen LogP contribution in [0.4, 0.5) is 4.39 Å². The second-order valence-electron chi connectivity index (χ2n) is 9.77. The van der Waals surface area contributed by atoms with Crippen molar-refractivity contribution in [2.75, 3.05) is 13.2 Å². The van der Waals surface area contributed by atoms with Crippen molar-refractivity contribution in [2.45, 2.75) is 51.7 Å². The molecular weight excluding hydrogens is 509 g/mol. The number of carbonyl (C=O) groups excluding carboxylic acids is 1. The predicted molar refractivity (Wildman–Crippen MR) is 143 cm³/mol. The highest BCUT2D eigenvalue weighted by atomic mass is 35.5. The van der Waals surface area contributed by atoms with Gasteiger partial charge in [-0.25, -0.2) is 4.39 Å². The van der Waals surface area contributed by atoms with Crippen molar-refractivity contribution in [3.05, 3.63) is 98.8 Å². The van der Waals surface area contributed by atoms with E-state index in [-0.39, 0.29) is 36.1 Å². The molecular formula is C30H31ClFNO5. The van der Waals surface area contributed by atoms with E-state index in [1.165, 1.54) is 18.2 Å². The Morgan fingerprint density at radius 2 is 1.76 bits per heavy atom. The summed E-state index contributed by atoms with van der Waals surface area (Å²) in [6, 6.07) is 15.4. The first-order valence-corrected chi connectivity index (χ1v) is 12.9. The van der Waals surface area contributed by atoms with E-state index in [0.717, 1.165) is 16.7 Å². The average molecular weight is 540 g/mol. The molecule has 0 aliphatic carbocycles. The number of hydrogen-bond donors (Lipinski definition) is 2. The summed E-state index contributed by atoms with van der Waals surface area (Å²) in [4.78, 5) is 25.1. The van der Waals surface area contributed by atoms with E-state index in [0.29, 0.717) is 42.7 Å². The normalized spacial score (nSPS) is 14.6. The Morgan fingerprint density at radius 1 is 1.05 bits per heavy atom. The standard InChI is InChI=1S/C30H31ClFNO5/c1-19-13-20(2)15-23(14-19)30(9-11-37-12-10-30)33-29(36)25-16-21(3-4-22(25)5-8-28(34)35)18-38-27-17-24(32)6-7-26(27)31/h3-4,6-7,13-17H,5,8-12,18H2,1-2H3,(H,33,36)(H,34,35). The molecule has 0 bridgehead atoms. The van der Waals surface area contributed by atoms with Crippen molar-refractivity contribution in [3.63, 3.8) is 0 Å². The molecule has 2 N–H and O–H groups in total. The van der Waals surface area contributed by atoms with Gasteiger partial charge in [-0.1, -0.05) is 53.1 Å². The lowest BCUT2D eigenvalue weighted by molar-refractivity contribution is -0.136. The minimum Gasteiger partial charge on any atom is -0.487 e. The molecule has 3 aromatic rings. The number of carbonyl (C=O) groups is 2. The van der Waals surface area contributed by atoms with Crippen molar-refractivity contribution < 1.29 is 28.6 Å². The topological polar surface area (TPSA) is 84.9 Å². The molecule has 0 unspecified atom stereocenters. The van der Waals surface area contributed by atoms with E-state index in [1.807, 2.05) is 13.8 Å². The second-order valence-corrected chi connectivity index (χ2v) is 10.2. The van der Waals surface area contributed by atoms with Gasteiger partial charge in [-0.2, -0.15) is 0 Å². The molecule has 0 atom stereocenters. The summed E-state index contributed by atoms with van der Waals surface area (Å²) in [5.74, 6) is -1.51. The number of halogens is 2. The zero-order chi connectivity index (χ0) is 27.3. The number of hydrogen-bond acceptors (Lipinski definition) is 4. The van der Waals surface area contributed by atoms with Crippen LogP contribution in [0, 0.1) is 19.7 Å². The number of nitrogens with one attached hydrogen (secondary N) is 1. The van der Waals surface area contributed by atoms with E-state index in [1.54, 1.807) is 18.2 Å². The zero-order valence-electron chi connectivity index (χ0n) is 21.5. The lowest BCUT2D eigenvalue weighted by Gasteiger charge is -2.39. The number of aliphatic carboxylic acids is 1. The first-order chi connectivity index (χ1) is 18.1. The largest absolute Gasteiger partial charge is 0.487 e. The molecule has 0 spiro atoms. The number of benzene rings is 3. The van der Waals surface area contributed by atoms with Crippen LogP contribution in [0.15, 0.2) is 54.6 Å². The molecule has 1 aliphatic rings. The van der Waals surface area contributed by atoms with Crippen LogP contribution < -0.4 is 10.1 Å². The molecule has 1 aliphatic heterocycles. The first-order valence-electron chi connectivity index (χ1n) is 12.6. The van der Waals surface area contributed by atoms with Gasteiger partial charge in [0.05, 0.1) is 10.6 Å². The monoisotopic (exact) mass is 539 g/mol. The highest BCUT2D eigenvalue weighted by Crippen LogP contribution is 2.34. The average Bonchev–Trinajstić information content (AvgIpc) is 2.88. The molecule has 4 rings (SSSR count). The number of aryl methyl sites for hydroxylation is 3. The van der Waals surface area contributed by atoms with Gasteiger partial charge in [0.25, 0.3) is 5.91 Å². The van der Waals surface area contributed by atoms with Crippen LogP contribution >= 0.6 is 11.6 Å². The van der Waals surface area contributed by atoms with E-state index in [4.69, 9.17) is 21.1 Å². The van der Waals surface area contributed by atoms with Gasteiger partial charge >= 0.3 is 5.97 Å². The molecule has 1 fully saturated rings. The molecule has 0 radical (unpaired) electrons. The van der Waals surface area contributed by atoms with Crippen molar-refractivity contribution in [1.82, 2.24) is 5.32 Å². The summed E-state index contributed by atoms with van der Waals surface area (Å²) in [6.45, 7) is 5.15. The Hall–Kier alpha value is -3.42. The van der Waals surface area contributed by atoms with E-state index < -0.39 is 17.3 Å². The fourth-order valence-corrected chi connectivity index (χ4v) is 5.05. The van der Waals surface area contributed by atoms with E-state index in [9.17, 15) is 19.1 Å². The van der Waals surface area contributed by atoms with Crippen LogP contribution in [0.2, 0.25) is 5.02 Å². The van der Waals surface area contributed by atoms with E-state index in [2.05, 4.69) is 23.5 Å². The molecule has 3 aromatic carbocycles. The third-order valence-electron chi connectivity index (χ3n) is 6.79. The highest BCUT2D eigenvalue weighted by molar-refractivity contribution is 6.32. The maximum atomic E-state index is 13.8. The second kappa shape index (κ2) is 12.0. The van der Waals surface area contributed by atoms with Crippen molar-refractivity contribution in [2.24, 2.45) is 0 Å². The summed E-state index contributed by atoms with van der Waals surface area (Å²) >= 11 is 6.12. The zero-order valence-corrected chi connectivity index (χ0v) is 22.2. The van der Waals surface area contributed by atoms with Crippen molar-refractivity contribution in [1.29, 1.82) is 0 Å². The molecule has 38 heavy (non-hydrogen) atoms. The molecule has 8 heteroatoms. The molecule has 1 heterocycles. The van der Waals surface area contributed by atoms with Crippen LogP contribution in [0.5, 0.6) is 5.75 Å². The fraction of sp³-hybridized carbons (Fsp3) is 0.333. The Labute approximate surface area is 226 Å². The predicted octanol–water partition coefficient (Wildman–Crippen LogP) is 6.13. The lowest BCUT2D eigenvalue weighted by Crippen LogP contribution is -2.49. The van der Waals surface area contributed by atoms with Gasteiger partial charge in [0, 0.05) is 31.3 Å². The number of amides is 1. The molecule has 200 valence electrons. The molecule has 0 saturated carbocycles. The lowest BCUT2D eigenvalue weighted by atomic mass is 9.81. The van der Waals surface area contributed by atoms with Gasteiger partial charge in [0.2, 0.25) is 0 Å². The number of carboxylic acid groups (broad SMARTS) is 1. The SMILES string of the molecule is Cc1cc(C)cc(C2(NC(=O)c3cc(COc4cc(F)ccc4Cl)ccc3CCC(=O)O)CCOCC2)c1. The van der Waals surface area contributed by atoms with Gasteiger partial charge < -0.3 is 19.9 Å². The van der Waals surface area contributed by atoms with Crippen LogP contribution in [0.3, 0.4) is 0 Å². The Kier molecular flexibility index (Phi) is 8.69. The van der Waals surface area contributed by atoms with Gasteiger partial charge in [-0.3, -0.25) is 9.59 Å². The van der Waals surface area contributed by atoms with Gasteiger partial charge in [-0.15, -0.1) is 0 Å². The summed E-state index contributed by atoms with van der Waals surface area (Å²) in [7, 11) is 0. The quantitative estimate of drug-likeness (QED) is 0.342. The van der Waals surface area contributed by atoms with Crippen molar-refractivity contribution in [3.8, 4) is 5.75 Å². The van der Waals surface area contributed by atoms with Gasteiger partial charge in [-0.05, 0) is 68.0 Å². The highest BCUT2D eigenvalue weighted by Gasteiger charge is 2.37. The maximum absolute atomic E-state index is 13.8. The first kappa shape index (κ1) is 27.6. The fourth-order valence-electron chi connectivity index (χ4n) is 4.87. The number of carboxylic acids is 1. The molecule has 0 aromatic heterocycles. The third kappa shape index (κ3) is 6.71. The summed E-state index contributed by atoms with van der Waals surface area (Å²) in [6.07, 6.45) is 1.33. The summed E-state index contributed by atoms with van der Waals surface area (Å²) in [5, 5.41) is 12.8. The van der Waals surface area contributed by atoms with Crippen molar-refractivity contribution >= 4 is 23.5 Å². The summed E-state index contributed by atoms with van der Waals surface area (Å²) < 4.78 is 25.0.